The second-order valence-corrected chi connectivity index (χ2v) is 8.43. The maximum absolute atomic E-state index is 11.1. The molecule has 5 atom stereocenters. The Bertz CT molecular complexity index is 490. The Labute approximate surface area is 151 Å². The highest BCUT2D eigenvalue weighted by Gasteiger charge is 2.54. The van der Waals surface area contributed by atoms with Crippen LogP contribution in [0.3, 0.4) is 0 Å². The van der Waals surface area contributed by atoms with Gasteiger partial charge in [0.05, 0.1) is 30.8 Å². The molecular weight excluding hydrogens is 320 g/mol. The molecule has 2 aliphatic rings. The van der Waals surface area contributed by atoms with E-state index in [1.807, 2.05) is 6.92 Å². The molecule has 144 valence electrons. The summed E-state index contributed by atoms with van der Waals surface area (Å²) in [6, 6.07) is 0. The van der Waals surface area contributed by atoms with Gasteiger partial charge in [0.15, 0.2) is 0 Å². The first-order valence-electron chi connectivity index (χ1n) is 9.52. The first kappa shape index (κ1) is 20.4. The largest absolute Gasteiger partial charge is 0.481 e. The van der Waals surface area contributed by atoms with Crippen LogP contribution in [0.5, 0.6) is 0 Å². The molecule has 0 aromatic carbocycles. The molecule has 0 aromatic rings. The predicted molar refractivity (Wildman–Crippen MR) is 96.5 cm³/mol. The zero-order chi connectivity index (χ0) is 18.7. The third kappa shape index (κ3) is 5.28. The van der Waals surface area contributed by atoms with Crippen molar-refractivity contribution in [3.8, 4) is 0 Å². The molecule has 2 fully saturated rings. The molecule has 5 heteroatoms. The molecule has 2 rings (SSSR count). The van der Waals surface area contributed by atoms with Gasteiger partial charge in [-0.1, -0.05) is 18.9 Å². The fraction of sp³-hybridized carbons (Fsp3) is 0.850. The van der Waals surface area contributed by atoms with E-state index in [0.29, 0.717) is 6.61 Å². The van der Waals surface area contributed by atoms with Gasteiger partial charge in [-0.05, 0) is 58.3 Å². The van der Waals surface area contributed by atoms with Gasteiger partial charge in [0, 0.05) is 0 Å². The van der Waals surface area contributed by atoms with Crippen molar-refractivity contribution < 1.29 is 24.5 Å². The SMILES string of the molecule is C=C(C)CCC(O)C(C)CCCC1(C)OCC2(CC(=O)O)CCC1O2. The van der Waals surface area contributed by atoms with Crippen molar-refractivity contribution in [1.82, 2.24) is 0 Å². The molecule has 2 aliphatic heterocycles. The highest BCUT2D eigenvalue weighted by molar-refractivity contribution is 5.68. The van der Waals surface area contributed by atoms with E-state index in [-0.39, 0.29) is 30.1 Å². The van der Waals surface area contributed by atoms with Crippen LogP contribution in [-0.2, 0) is 14.3 Å². The van der Waals surface area contributed by atoms with E-state index in [4.69, 9.17) is 14.6 Å². The molecule has 0 amide bonds. The Morgan fingerprint density at radius 3 is 2.76 bits per heavy atom. The molecule has 25 heavy (non-hydrogen) atoms. The van der Waals surface area contributed by atoms with Crippen LogP contribution in [0.25, 0.3) is 0 Å². The highest BCUT2D eigenvalue weighted by atomic mass is 16.6. The lowest BCUT2D eigenvalue weighted by Gasteiger charge is -2.44. The normalized spacial score (nSPS) is 33.8. The van der Waals surface area contributed by atoms with Gasteiger partial charge in [-0.15, -0.1) is 6.58 Å². The average molecular weight is 354 g/mol. The number of ether oxygens (including phenoxy) is 2. The molecule has 2 heterocycles. The van der Waals surface area contributed by atoms with Crippen LogP contribution in [0.2, 0.25) is 0 Å². The van der Waals surface area contributed by atoms with E-state index in [2.05, 4.69) is 20.4 Å². The molecule has 5 unspecified atom stereocenters. The van der Waals surface area contributed by atoms with E-state index in [0.717, 1.165) is 50.5 Å². The minimum Gasteiger partial charge on any atom is -0.481 e. The molecule has 0 spiro atoms. The Kier molecular flexibility index (Phi) is 6.68. The van der Waals surface area contributed by atoms with Crippen LogP contribution in [0.15, 0.2) is 12.2 Å². The fourth-order valence-corrected chi connectivity index (χ4v) is 4.08. The second-order valence-electron chi connectivity index (χ2n) is 8.43. The number of hydrogen-bond donors (Lipinski definition) is 2. The van der Waals surface area contributed by atoms with Crippen molar-refractivity contribution >= 4 is 5.97 Å². The molecule has 5 nitrogen and oxygen atoms in total. The number of rotatable bonds is 10. The molecule has 0 radical (unpaired) electrons. The van der Waals surface area contributed by atoms with Crippen molar-refractivity contribution in [1.29, 1.82) is 0 Å². The van der Waals surface area contributed by atoms with E-state index in [1.54, 1.807) is 0 Å². The summed E-state index contributed by atoms with van der Waals surface area (Å²) < 4.78 is 12.2. The van der Waals surface area contributed by atoms with E-state index < -0.39 is 11.6 Å². The smallest absolute Gasteiger partial charge is 0.306 e. The summed E-state index contributed by atoms with van der Waals surface area (Å²) in [5.41, 5.74) is 0.140. The quantitative estimate of drug-likeness (QED) is 0.585. The van der Waals surface area contributed by atoms with Crippen molar-refractivity contribution in [3.05, 3.63) is 12.2 Å². The average Bonchev–Trinajstić information content (AvgIpc) is 2.89. The maximum Gasteiger partial charge on any atom is 0.306 e. The summed E-state index contributed by atoms with van der Waals surface area (Å²) in [5, 5.41) is 19.3. The van der Waals surface area contributed by atoms with Gasteiger partial charge in [0.25, 0.3) is 0 Å². The highest BCUT2D eigenvalue weighted by Crippen LogP contribution is 2.46. The lowest BCUT2D eigenvalue weighted by atomic mass is 9.87. The van der Waals surface area contributed by atoms with Crippen molar-refractivity contribution in [2.45, 2.75) is 95.5 Å². The zero-order valence-corrected chi connectivity index (χ0v) is 15.9. The molecule has 0 aliphatic carbocycles. The number of hydrogen-bond acceptors (Lipinski definition) is 4. The molecule has 2 bridgehead atoms. The summed E-state index contributed by atoms with van der Waals surface area (Å²) in [5.74, 6) is -0.576. The molecule has 0 aromatic heterocycles. The number of aliphatic carboxylic acids is 1. The Balaban J connectivity index is 1.78. The van der Waals surface area contributed by atoms with Gasteiger partial charge in [0.2, 0.25) is 0 Å². The third-order valence-electron chi connectivity index (χ3n) is 5.93. The van der Waals surface area contributed by atoms with Crippen LogP contribution in [0.1, 0.15) is 72.1 Å². The molecule has 0 saturated carbocycles. The standard InChI is InChI=1S/C20H34O5/c1-14(2)7-8-16(21)15(3)6-5-10-19(4)17-9-11-20(25-17,13-24-19)12-18(22)23/h15-17,21H,1,5-13H2,2-4H3,(H,22,23). The van der Waals surface area contributed by atoms with Gasteiger partial charge in [-0.3, -0.25) is 4.79 Å². The summed E-state index contributed by atoms with van der Waals surface area (Å²) in [6.45, 7) is 10.4. The van der Waals surface area contributed by atoms with Crippen LogP contribution in [-0.4, -0.2) is 46.2 Å². The number of aliphatic hydroxyl groups is 1. The molecule has 2 saturated heterocycles. The lowest BCUT2D eigenvalue weighted by Crippen LogP contribution is -2.53. The van der Waals surface area contributed by atoms with Crippen molar-refractivity contribution in [3.63, 3.8) is 0 Å². The van der Waals surface area contributed by atoms with Gasteiger partial charge < -0.3 is 19.7 Å². The molecular formula is C20H34O5. The number of aliphatic hydroxyl groups excluding tert-OH is 1. The summed E-state index contributed by atoms with van der Waals surface area (Å²) in [6.07, 6.45) is 5.76. The lowest BCUT2D eigenvalue weighted by molar-refractivity contribution is -0.242. The van der Waals surface area contributed by atoms with Gasteiger partial charge in [0.1, 0.15) is 5.60 Å². The van der Waals surface area contributed by atoms with Crippen LogP contribution in [0.4, 0.5) is 0 Å². The van der Waals surface area contributed by atoms with E-state index in [9.17, 15) is 9.90 Å². The first-order valence-corrected chi connectivity index (χ1v) is 9.52. The first-order chi connectivity index (χ1) is 11.7. The summed E-state index contributed by atoms with van der Waals surface area (Å²) in [4.78, 5) is 11.1. The Morgan fingerprint density at radius 1 is 1.40 bits per heavy atom. The van der Waals surface area contributed by atoms with E-state index in [1.165, 1.54) is 0 Å². The van der Waals surface area contributed by atoms with Crippen molar-refractivity contribution in [2.24, 2.45) is 5.92 Å². The Hall–Kier alpha value is -0.910. The number of carboxylic acid groups (broad SMARTS) is 1. The summed E-state index contributed by atoms with van der Waals surface area (Å²) >= 11 is 0. The van der Waals surface area contributed by atoms with Gasteiger partial charge in [-0.2, -0.15) is 0 Å². The Morgan fingerprint density at radius 2 is 2.12 bits per heavy atom. The van der Waals surface area contributed by atoms with Crippen LogP contribution >= 0.6 is 0 Å². The molecule has 2 N–H and O–H groups in total. The van der Waals surface area contributed by atoms with Crippen LogP contribution < -0.4 is 0 Å². The van der Waals surface area contributed by atoms with Crippen molar-refractivity contribution in [2.75, 3.05) is 6.61 Å². The zero-order valence-electron chi connectivity index (χ0n) is 15.9. The predicted octanol–water partition coefficient (Wildman–Crippen LogP) is 3.69. The van der Waals surface area contributed by atoms with Gasteiger partial charge >= 0.3 is 5.97 Å². The monoisotopic (exact) mass is 354 g/mol. The number of allylic oxidation sites excluding steroid dienone is 1. The third-order valence-corrected chi connectivity index (χ3v) is 5.93. The van der Waals surface area contributed by atoms with Gasteiger partial charge in [-0.25, -0.2) is 0 Å². The number of fused-ring (bicyclic) bond motifs is 2. The number of carbonyl (C=O) groups is 1. The fourth-order valence-electron chi connectivity index (χ4n) is 4.08. The minimum atomic E-state index is -0.828. The maximum atomic E-state index is 11.1. The summed E-state index contributed by atoms with van der Waals surface area (Å²) in [7, 11) is 0. The second kappa shape index (κ2) is 8.19. The minimum absolute atomic E-state index is 0.0194. The number of carboxylic acids is 1. The topological polar surface area (TPSA) is 76.0 Å². The van der Waals surface area contributed by atoms with Crippen LogP contribution in [0, 0.1) is 5.92 Å². The van der Waals surface area contributed by atoms with E-state index >= 15 is 0 Å².